The average Bonchev–Trinajstić information content (AvgIpc) is 2.62. The fraction of sp³-hybridized carbons (Fsp3) is 0.143. The summed E-state index contributed by atoms with van der Waals surface area (Å²) in [6.07, 6.45) is 0. The maximum absolute atomic E-state index is 6.00. The van der Waals surface area contributed by atoms with Crippen LogP contribution < -0.4 is 10.1 Å². The molecule has 2 nitrogen and oxygen atoms in total. The predicted molar refractivity (Wildman–Crippen MR) is 119 cm³/mol. The van der Waals surface area contributed by atoms with Crippen LogP contribution in [-0.4, -0.2) is 0 Å². The predicted octanol–water partition coefficient (Wildman–Crippen LogP) is 7.47. The van der Waals surface area contributed by atoms with Gasteiger partial charge in [-0.25, -0.2) is 0 Å². The van der Waals surface area contributed by atoms with Crippen molar-refractivity contribution in [3.63, 3.8) is 0 Å². The minimum atomic E-state index is 0.519. The molecule has 0 fully saturated rings. The Morgan fingerprint density at radius 2 is 1.50 bits per heavy atom. The van der Waals surface area contributed by atoms with Gasteiger partial charge in [-0.2, -0.15) is 0 Å². The highest BCUT2D eigenvalue weighted by Crippen LogP contribution is 2.35. The minimum absolute atomic E-state index is 0.519. The van der Waals surface area contributed by atoms with Crippen LogP contribution >= 0.6 is 47.8 Å². The zero-order chi connectivity index (χ0) is 18.5. The van der Waals surface area contributed by atoms with E-state index in [4.69, 9.17) is 4.74 Å². The van der Waals surface area contributed by atoms with E-state index < -0.39 is 0 Å². The molecule has 0 bridgehead atoms. The molecular weight excluding hydrogens is 522 g/mol. The first-order valence-electron chi connectivity index (χ1n) is 8.17. The fourth-order valence-electron chi connectivity index (χ4n) is 2.56. The number of hydrogen-bond acceptors (Lipinski definition) is 2. The van der Waals surface area contributed by atoms with Crippen molar-refractivity contribution in [2.24, 2.45) is 0 Å². The molecule has 0 unspecified atom stereocenters. The van der Waals surface area contributed by atoms with Crippen molar-refractivity contribution in [1.29, 1.82) is 0 Å². The summed E-state index contributed by atoms with van der Waals surface area (Å²) >= 11 is 10.7. The van der Waals surface area contributed by atoms with Crippen LogP contribution in [0.15, 0.2) is 74.1 Å². The topological polar surface area (TPSA) is 21.3 Å². The Bertz CT molecular complexity index is 871. The molecule has 134 valence electrons. The van der Waals surface area contributed by atoms with Gasteiger partial charge in [0.05, 0.1) is 8.95 Å². The lowest BCUT2D eigenvalue weighted by Crippen LogP contribution is -2.02. The zero-order valence-electron chi connectivity index (χ0n) is 14.2. The van der Waals surface area contributed by atoms with Gasteiger partial charge in [-0.15, -0.1) is 0 Å². The quantitative estimate of drug-likeness (QED) is 0.351. The molecule has 0 aliphatic heterocycles. The largest absolute Gasteiger partial charge is 0.487 e. The van der Waals surface area contributed by atoms with E-state index in [-0.39, 0.29) is 0 Å². The maximum Gasteiger partial charge on any atom is 0.148 e. The lowest BCUT2D eigenvalue weighted by molar-refractivity contribution is 0.302. The summed E-state index contributed by atoms with van der Waals surface area (Å²) in [5.74, 6) is 0.813. The van der Waals surface area contributed by atoms with Crippen molar-refractivity contribution in [3.8, 4) is 5.75 Å². The molecule has 0 saturated carbocycles. The van der Waals surface area contributed by atoms with Gasteiger partial charge in [-0.05, 0) is 85.8 Å². The molecule has 0 radical (unpaired) electrons. The highest BCUT2D eigenvalue weighted by molar-refractivity contribution is 9.11. The third-order valence-electron chi connectivity index (χ3n) is 3.98. The first-order valence-corrected chi connectivity index (χ1v) is 10.6. The summed E-state index contributed by atoms with van der Waals surface area (Å²) in [7, 11) is 0. The molecule has 0 heterocycles. The standard InChI is InChI=1S/C21H18Br3NO/c1-14-4-2-3-5-20(14)25-12-16-10-18(23)21(19(24)11-16)26-13-15-6-8-17(22)9-7-15/h2-11,25H,12-13H2,1H3. The van der Waals surface area contributed by atoms with Crippen LogP contribution in [0.3, 0.4) is 0 Å². The number of nitrogens with one attached hydrogen (secondary N) is 1. The van der Waals surface area contributed by atoms with Gasteiger partial charge in [0.15, 0.2) is 0 Å². The van der Waals surface area contributed by atoms with Gasteiger partial charge in [0.2, 0.25) is 0 Å². The molecule has 0 aliphatic rings. The van der Waals surface area contributed by atoms with E-state index in [1.807, 2.05) is 36.4 Å². The van der Waals surface area contributed by atoms with Crippen molar-refractivity contribution in [2.45, 2.75) is 20.1 Å². The number of aryl methyl sites for hydroxylation is 1. The Balaban J connectivity index is 1.67. The third kappa shape index (κ3) is 5.12. The first kappa shape index (κ1) is 19.5. The van der Waals surface area contributed by atoms with Crippen molar-refractivity contribution < 1.29 is 4.74 Å². The van der Waals surface area contributed by atoms with Crippen LogP contribution in [0.25, 0.3) is 0 Å². The van der Waals surface area contributed by atoms with Gasteiger partial charge in [0.25, 0.3) is 0 Å². The molecule has 5 heteroatoms. The number of benzene rings is 3. The van der Waals surface area contributed by atoms with Crippen LogP contribution in [-0.2, 0) is 13.2 Å². The Hall–Kier alpha value is -1.30. The zero-order valence-corrected chi connectivity index (χ0v) is 19.0. The Labute approximate surface area is 179 Å². The summed E-state index contributed by atoms with van der Waals surface area (Å²) in [5, 5.41) is 3.48. The smallest absolute Gasteiger partial charge is 0.148 e. The van der Waals surface area contributed by atoms with Gasteiger partial charge >= 0.3 is 0 Å². The second-order valence-corrected chi connectivity index (χ2v) is 8.60. The van der Waals surface area contributed by atoms with Crippen molar-refractivity contribution >= 4 is 53.5 Å². The molecule has 3 aromatic carbocycles. The van der Waals surface area contributed by atoms with Gasteiger partial charge in [-0.1, -0.05) is 46.3 Å². The summed E-state index contributed by atoms with van der Waals surface area (Å²) in [4.78, 5) is 0. The summed E-state index contributed by atoms with van der Waals surface area (Å²) in [5.41, 5.74) is 4.68. The highest BCUT2D eigenvalue weighted by Gasteiger charge is 2.10. The van der Waals surface area contributed by atoms with Gasteiger partial charge in [0.1, 0.15) is 12.4 Å². The molecule has 0 atom stereocenters. The third-order valence-corrected chi connectivity index (χ3v) is 5.69. The number of halogens is 3. The van der Waals surface area contributed by atoms with Crippen molar-refractivity contribution in [3.05, 3.63) is 90.8 Å². The number of hydrogen-bond donors (Lipinski definition) is 1. The molecule has 0 aliphatic carbocycles. The average molecular weight is 540 g/mol. The summed E-state index contributed by atoms with van der Waals surface area (Å²) < 4.78 is 8.94. The fourth-order valence-corrected chi connectivity index (χ4v) is 4.33. The van der Waals surface area contributed by atoms with Gasteiger partial charge in [-0.3, -0.25) is 0 Å². The van der Waals surface area contributed by atoms with Gasteiger partial charge < -0.3 is 10.1 Å². The van der Waals surface area contributed by atoms with Crippen LogP contribution in [0.2, 0.25) is 0 Å². The van der Waals surface area contributed by atoms with Crippen molar-refractivity contribution in [1.82, 2.24) is 0 Å². The van der Waals surface area contributed by atoms with Crippen LogP contribution in [0.5, 0.6) is 5.75 Å². The molecule has 1 N–H and O–H groups in total. The molecule has 0 spiro atoms. The van der Waals surface area contributed by atoms with E-state index in [1.54, 1.807) is 0 Å². The lowest BCUT2D eigenvalue weighted by atomic mass is 10.1. The summed E-state index contributed by atoms with van der Waals surface area (Å²) in [6, 6.07) is 20.6. The van der Waals surface area contributed by atoms with E-state index in [0.29, 0.717) is 6.61 Å². The number of rotatable bonds is 6. The molecular formula is C21H18Br3NO. The molecule has 3 aromatic rings. The Morgan fingerprint density at radius 3 is 2.15 bits per heavy atom. The van der Waals surface area contributed by atoms with E-state index >= 15 is 0 Å². The molecule has 0 saturated heterocycles. The molecule has 0 amide bonds. The van der Waals surface area contributed by atoms with E-state index in [0.717, 1.165) is 37.0 Å². The molecule has 0 aromatic heterocycles. The van der Waals surface area contributed by atoms with Crippen LogP contribution in [0.4, 0.5) is 5.69 Å². The monoisotopic (exact) mass is 537 g/mol. The van der Waals surface area contributed by atoms with Crippen LogP contribution in [0, 0.1) is 6.92 Å². The second-order valence-electron chi connectivity index (χ2n) is 5.97. The Kier molecular flexibility index (Phi) is 6.79. The van der Waals surface area contributed by atoms with E-state index in [1.165, 1.54) is 11.1 Å². The first-order chi connectivity index (χ1) is 12.5. The SMILES string of the molecule is Cc1ccccc1NCc1cc(Br)c(OCc2ccc(Br)cc2)c(Br)c1. The minimum Gasteiger partial charge on any atom is -0.487 e. The number of ether oxygens (including phenoxy) is 1. The van der Waals surface area contributed by atoms with Gasteiger partial charge in [0, 0.05) is 16.7 Å². The van der Waals surface area contributed by atoms with Crippen LogP contribution in [0.1, 0.15) is 16.7 Å². The number of anilines is 1. The molecule has 3 rings (SSSR count). The van der Waals surface area contributed by atoms with E-state index in [9.17, 15) is 0 Å². The van der Waals surface area contributed by atoms with E-state index in [2.05, 4.69) is 84.3 Å². The Morgan fingerprint density at radius 1 is 0.846 bits per heavy atom. The lowest BCUT2D eigenvalue weighted by Gasteiger charge is -2.14. The normalized spacial score (nSPS) is 10.6. The second kappa shape index (κ2) is 9.07. The highest BCUT2D eigenvalue weighted by atomic mass is 79.9. The molecule has 26 heavy (non-hydrogen) atoms. The maximum atomic E-state index is 6.00. The summed E-state index contributed by atoms with van der Waals surface area (Å²) in [6.45, 7) is 3.37. The number of para-hydroxylation sites is 1. The van der Waals surface area contributed by atoms with Crippen molar-refractivity contribution in [2.75, 3.05) is 5.32 Å².